The van der Waals surface area contributed by atoms with Gasteiger partial charge in [-0.3, -0.25) is 0 Å². The Labute approximate surface area is 344 Å². The topological polar surface area (TPSA) is 154 Å². The van der Waals surface area contributed by atoms with Crippen LogP contribution < -0.4 is 30.9 Å². The molecule has 0 saturated heterocycles. The standard InChI is InChI=1S/C39H50N3O4.2C2HF3O2/c1-38(2,40)25-46-37(43)29-14-8-7-13-28(29)36-30-21-26-11-9-15-41(17-19-44-5)34(26)23-32(30)39(3,4)33-24-35-27(22-31(33)36)12-10-16-42(35)18-20-45-6;2*3-2(4,5)1(6)7/h7-8,13-14,21-24H,9-12,15-20,25,40H2,1-6H3;2*(H,6,7)/q+1;;/p-1. The monoisotopic (exact) mass is 851 g/mol. The lowest BCUT2D eigenvalue weighted by atomic mass is 9.67. The van der Waals surface area contributed by atoms with Gasteiger partial charge in [0.05, 0.1) is 12.2 Å². The normalized spacial score (nSPS) is 15.5. The average molecular weight is 852 g/mol. The zero-order valence-corrected chi connectivity index (χ0v) is 34.4. The molecule has 0 spiro atoms. The number of carbonyl (C=O) groups excluding carboxylic acids is 2. The van der Waals surface area contributed by atoms with Crippen LogP contribution in [0, 0.1) is 0 Å². The number of alkyl halides is 6. The summed E-state index contributed by atoms with van der Waals surface area (Å²) in [6.07, 6.45) is -6.01. The first kappa shape index (κ1) is 47.7. The van der Waals surface area contributed by atoms with Crippen LogP contribution in [0.25, 0.3) is 5.57 Å². The molecule has 6 rings (SSSR count). The maximum absolute atomic E-state index is 13.7. The number of methoxy groups -OCH3 is 2. The third-order valence-corrected chi connectivity index (χ3v) is 10.3. The highest BCUT2D eigenvalue weighted by molar-refractivity contribution is 5.99. The summed E-state index contributed by atoms with van der Waals surface area (Å²) >= 11 is 0. The molecule has 0 bridgehead atoms. The first-order chi connectivity index (χ1) is 27.9. The molecule has 0 aromatic heterocycles. The van der Waals surface area contributed by atoms with Crippen molar-refractivity contribution in [3.8, 4) is 0 Å². The summed E-state index contributed by atoms with van der Waals surface area (Å²) in [6.45, 7) is 13.8. The molecule has 3 aliphatic rings. The molecule has 2 aliphatic heterocycles. The van der Waals surface area contributed by atoms with Gasteiger partial charge in [-0.2, -0.15) is 26.3 Å². The van der Waals surface area contributed by atoms with Crippen LogP contribution in [0.4, 0.5) is 32.0 Å². The minimum Gasteiger partial charge on any atom is -0.542 e. The van der Waals surface area contributed by atoms with Crippen molar-refractivity contribution in [3.63, 3.8) is 0 Å². The summed E-state index contributed by atoms with van der Waals surface area (Å²) < 4.78 is 82.6. The Morgan fingerprint density at radius 2 is 1.50 bits per heavy atom. The molecule has 60 heavy (non-hydrogen) atoms. The number of fused-ring (bicyclic) bond motifs is 4. The Kier molecular flexibility index (Phi) is 15.2. The van der Waals surface area contributed by atoms with E-state index in [0.717, 1.165) is 63.0 Å². The number of hydrogen-bond donors (Lipinski definition) is 2. The second-order valence-corrected chi connectivity index (χ2v) is 15.9. The molecule has 0 radical (unpaired) electrons. The fourth-order valence-corrected chi connectivity index (χ4v) is 7.52. The number of aliphatic carboxylic acids is 2. The van der Waals surface area contributed by atoms with Crippen LogP contribution in [0.15, 0.2) is 48.5 Å². The number of carbonyl (C=O) groups is 3. The third kappa shape index (κ3) is 11.4. The zero-order valence-electron chi connectivity index (χ0n) is 34.4. The average Bonchev–Trinajstić information content (AvgIpc) is 3.17. The van der Waals surface area contributed by atoms with Crippen LogP contribution in [0.3, 0.4) is 0 Å². The lowest BCUT2D eigenvalue weighted by molar-refractivity contribution is -0.344. The van der Waals surface area contributed by atoms with Gasteiger partial charge in [0.1, 0.15) is 25.7 Å². The lowest BCUT2D eigenvalue weighted by Crippen LogP contribution is -2.44. The van der Waals surface area contributed by atoms with Gasteiger partial charge < -0.3 is 39.9 Å². The van der Waals surface area contributed by atoms with E-state index < -0.39 is 29.8 Å². The van der Waals surface area contributed by atoms with E-state index in [4.69, 9.17) is 39.7 Å². The maximum Gasteiger partial charge on any atom is 0.490 e. The van der Waals surface area contributed by atoms with Crippen LogP contribution in [-0.2, 0) is 42.1 Å². The third-order valence-electron chi connectivity index (χ3n) is 10.3. The molecule has 0 unspecified atom stereocenters. The summed E-state index contributed by atoms with van der Waals surface area (Å²) in [4.78, 5) is 33.9. The molecule has 0 atom stereocenters. The molecule has 3 aromatic rings. The van der Waals surface area contributed by atoms with Crippen molar-refractivity contribution in [2.45, 2.75) is 76.7 Å². The van der Waals surface area contributed by atoms with Crippen molar-refractivity contribution >= 4 is 29.2 Å². The fourth-order valence-electron chi connectivity index (χ4n) is 7.52. The van der Waals surface area contributed by atoms with Crippen molar-refractivity contribution in [1.29, 1.82) is 0 Å². The molecule has 3 N–H and O–H groups in total. The Morgan fingerprint density at radius 1 is 0.883 bits per heavy atom. The van der Waals surface area contributed by atoms with Gasteiger partial charge in [0.2, 0.25) is 5.36 Å². The molecule has 1 aliphatic carbocycles. The summed E-state index contributed by atoms with van der Waals surface area (Å²) in [5.41, 5.74) is 15.7. The summed E-state index contributed by atoms with van der Waals surface area (Å²) in [5.74, 6) is -6.11. The Morgan fingerprint density at radius 3 is 2.08 bits per heavy atom. The van der Waals surface area contributed by atoms with Crippen molar-refractivity contribution in [1.82, 2.24) is 4.58 Å². The lowest BCUT2D eigenvalue weighted by Gasteiger charge is -2.39. The molecule has 2 heterocycles. The summed E-state index contributed by atoms with van der Waals surface area (Å²) in [6, 6.07) is 17.6. The van der Waals surface area contributed by atoms with Gasteiger partial charge in [0, 0.05) is 62.0 Å². The molecule has 0 saturated carbocycles. The van der Waals surface area contributed by atoms with E-state index >= 15 is 0 Å². The largest absolute Gasteiger partial charge is 0.542 e. The first-order valence-electron chi connectivity index (χ1n) is 19.3. The Bertz CT molecular complexity index is 2170. The molecular formula is C43H51F6N3O8. The quantitative estimate of drug-likeness (QED) is 0.175. The van der Waals surface area contributed by atoms with Crippen molar-refractivity contribution < 1.29 is 65.1 Å². The van der Waals surface area contributed by atoms with Crippen molar-refractivity contribution in [2.75, 3.05) is 65.1 Å². The Hall–Kier alpha value is -5.00. The molecule has 17 heteroatoms. The van der Waals surface area contributed by atoms with E-state index in [1.807, 2.05) is 32.0 Å². The number of hydrogen-bond acceptors (Lipinski definition) is 9. The highest BCUT2D eigenvalue weighted by Gasteiger charge is 2.39. The second kappa shape index (κ2) is 19.1. The second-order valence-electron chi connectivity index (χ2n) is 15.9. The summed E-state index contributed by atoms with van der Waals surface area (Å²) in [7, 11) is 3.54. The molecule has 0 fully saturated rings. The van der Waals surface area contributed by atoms with Gasteiger partial charge in [0.25, 0.3) is 0 Å². The predicted molar refractivity (Wildman–Crippen MR) is 209 cm³/mol. The highest BCUT2D eigenvalue weighted by Crippen LogP contribution is 2.44. The molecule has 0 amide bonds. The number of nitrogens with two attached hydrogens (primary N) is 1. The Balaban J connectivity index is 0.000000488. The number of nitrogens with zero attached hydrogens (tertiary/aromatic N) is 2. The van der Waals surface area contributed by atoms with Crippen LogP contribution >= 0.6 is 0 Å². The van der Waals surface area contributed by atoms with E-state index in [9.17, 15) is 31.1 Å². The molecule has 328 valence electrons. The van der Waals surface area contributed by atoms with Crippen LogP contribution in [-0.4, -0.2) is 101 Å². The number of carboxylic acids is 2. The van der Waals surface area contributed by atoms with E-state index in [0.29, 0.717) is 18.8 Å². The zero-order chi connectivity index (χ0) is 44.8. The number of esters is 1. The van der Waals surface area contributed by atoms with Gasteiger partial charge in [0.15, 0.2) is 6.54 Å². The molecule has 11 nitrogen and oxygen atoms in total. The number of aryl methyl sites for hydroxylation is 2. The minimum atomic E-state index is -5.19. The van der Waals surface area contributed by atoms with Gasteiger partial charge >= 0.3 is 24.3 Å². The van der Waals surface area contributed by atoms with Crippen molar-refractivity contribution in [2.24, 2.45) is 5.73 Å². The van der Waals surface area contributed by atoms with E-state index in [-0.39, 0.29) is 18.0 Å². The number of rotatable bonds is 10. The number of ether oxygens (including phenoxy) is 3. The van der Waals surface area contributed by atoms with Gasteiger partial charge in [-0.25, -0.2) is 14.2 Å². The maximum atomic E-state index is 13.7. The van der Waals surface area contributed by atoms with Gasteiger partial charge in [-0.1, -0.05) is 32.0 Å². The van der Waals surface area contributed by atoms with Gasteiger partial charge in [-0.15, -0.1) is 0 Å². The highest BCUT2D eigenvalue weighted by atomic mass is 19.4. The van der Waals surface area contributed by atoms with E-state index in [1.165, 1.54) is 44.1 Å². The van der Waals surface area contributed by atoms with E-state index in [2.05, 4.69) is 53.7 Å². The van der Waals surface area contributed by atoms with E-state index in [1.54, 1.807) is 14.2 Å². The van der Waals surface area contributed by atoms with Gasteiger partial charge in [-0.05, 0) is 96.0 Å². The predicted octanol–water partition coefficient (Wildman–Crippen LogP) is 3.88. The number of anilines is 1. The first-order valence-corrected chi connectivity index (χ1v) is 19.3. The number of halogens is 6. The van der Waals surface area contributed by atoms with Crippen molar-refractivity contribution in [3.05, 3.63) is 98.1 Å². The smallest absolute Gasteiger partial charge is 0.490 e. The number of benzene rings is 3. The fraction of sp³-hybridized carbons (Fsp3) is 0.488. The SMILES string of the molecule is COCCN1CCCc2cc3c(cc21)C(C)(C)c1cc2c(cc1=C3c1ccccc1C(=O)OCC(C)(C)N)CCC[N+]=2CCOC.O=C(O)C(F)(F)F.O=C([O-])C(F)(F)F. The van der Waals surface area contributed by atoms with Crippen LogP contribution in [0.2, 0.25) is 0 Å². The van der Waals surface area contributed by atoms with Crippen LogP contribution in [0.5, 0.6) is 0 Å². The van der Waals surface area contributed by atoms with Crippen LogP contribution in [0.1, 0.15) is 84.3 Å². The minimum absolute atomic E-state index is 0.144. The molecular weight excluding hydrogens is 800 g/mol. The molecule has 3 aromatic carbocycles. The number of carboxylic acid groups (broad SMARTS) is 2. The summed E-state index contributed by atoms with van der Waals surface area (Å²) in [5, 5.41) is 18.4.